The van der Waals surface area contributed by atoms with Gasteiger partial charge in [-0.15, -0.1) is 0 Å². The summed E-state index contributed by atoms with van der Waals surface area (Å²) in [5.74, 6) is -1.77. The molecular formula is C31H23ClN2O6. The Bertz CT molecular complexity index is 1710. The van der Waals surface area contributed by atoms with Crippen molar-refractivity contribution in [2.45, 2.75) is 13.5 Å². The SMILES string of the molecule is COC(=O)c1ccc(N2C(=O)NC(=O)/C(=C\c3ccc(OCc4c(C)ccc5ccccc45)c(Cl)c3)C2=O)cc1. The number of carbonyl (C=O) groups excluding carboxylic acids is 4. The number of methoxy groups -OCH3 is 1. The van der Waals surface area contributed by atoms with E-state index in [1.165, 1.54) is 37.5 Å². The first-order chi connectivity index (χ1) is 19.3. The van der Waals surface area contributed by atoms with Crippen molar-refractivity contribution in [3.05, 3.63) is 112 Å². The van der Waals surface area contributed by atoms with Crippen molar-refractivity contribution in [3.8, 4) is 5.75 Å². The standard InChI is InChI=1S/C31H23ClN2O6/c1-18-7-9-20-5-3-4-6-23(20)25(18)17-40-27-14-8-19(16-26(27)32)15-24-28(35)33-31(38)34(29(24)36)22-12-10-21(11-13-22)30(37)39-2/h3-16H,17H2,1-2H3,(H,33,35,38)/b24-15+. The number of nitrogens with zero attached hydrogens (tertiary/aromatic N) is 1. The van der Waals surface area contributed by atoms with Crippen molar-refractivity contribution in [2.75, 3.05) is 12.0 Å². The highest BCUT2D eigenvalue weighted by Gasteiger charge is 2.36. The lowest BCUT2D eigenvalue weighted by Gasteiger charge is -2.26. The highest BCUT2D eigenvalue weighted by Crippen LogP contribution is 2.30. The Kier molecular flexibility index (Phi) is 7.35. The zero-order valence-corrected chi connectivity index (χ0v) is 22.3. The summed E-state index contributed by atoms with van der Waals surface area (Å²) >= 11 is 6.50. The van der Waals surface area contributed by atoms with Gasteiger partial charge >= 0.3 is 12.0 Å². The first-order valence-electron chi connectivity index (χ1n) is 12.3. The van der Waals surface area contributed by atoms with Crippen LogP contribution in [0, 0.1) is 6.92 Å². The number of ether oxygens (including phenoxy) is 2. The molecule has 0 unspecified atom stereocenters. The summed E-state index contributed by atoms with van der Waals surface area (Å²) in [6.07, 6.45) is 1.35. The quantitative estimate of drug-likeness (QED) is 0.183. The number of imide groups is 2. The number of benzene rings is 4. The lowest BCUT2D eigenvalue weighted by molar-refractivity contribution is -0.122. The highest BCUT2D eigenvalue weighted by molar-refractivity contribution is 6.39. The van der Waals surface area contributed by atoms with Crippen LogP contribution in [-0.4, -0.2) is 30.9 Å². The number of rotatable bonds is 6. The molecule has 1 aliphatic heterocycles. The van der Waals surface area contributed by atoms with E-state index < -0.39 is 23.8 Å². The van der Waals surface area contributed by atoms with Gasteiger partial charge < -0.3 is 9.47 Å². The number of fused-ring (bicyclic) bond motifs is 1. The minimum Gasteiger partial charge on any atom is -0.487 e. The number of esters is 1. The number of barbiturate groups is 1. The fraction of sp³-hybridized carbons (Fsp3) is 0.0968. The summed E-state index contributed by atoms with van der Waals surface area (Å²) in [5, 5.41) is 4.68. The summed E-state index contributed by atoms with van der Waals surface area (Å²) in [4.78, 5) is 50.8. The fourth-order valence-electron chi connectivity index (χ4n) is 4.43. The van der Waals surface area contributed by atoms with Crippen molar-refractivity contribution in [2.24, 2.45) is 0 Å². The Labute approximate surface area is 234 Å². The molecule has 200 valence electrons. The Morgan fingerprint density at radius 2 is 1.73 bits per heavy atom. The summed E-state index contributed by atoms with van der Waals surface area (Å²) in [5.41, 5.74) is 2.78. The predicted octanol–water partition coefficient (Wildman–Crippen LogP) is 5.83. The van der Waals surface area contributed by atoms with Gasteiger partial charge in [-0.1, -0.05) is 54.1 Å². The van der Waals surface area contributed by atoms with Crippen LogP contribution in [0.4, 0.5) is 10.5 Å². The van der Waals surface area contributed by atoms with Crippen molar-refractivity contribution >= 4 is 58.0 Å². The Balaban J connectivity index is 1.37. The summed E-state index contributed by atoms with van der Waals surface area (Å²) in [6, 6.07) is 21.8. The molecule has 0 aromatic heterocycles. The molecule has 0 atom stereocenters. The summed E-state index contributed by atoms with van der Waals surface area (Å²) in [7, 11) is 1.25. The second-order valence-corrected chi connectivity index (χ2v) is 9.46. The molecule has 1 fully saturated rings. The Morgan fingerprint density at radius 3 is 2.45 bits per heavy atom. The normalized spacial score (nSPS) is 14.4. The average Bonchev–Trinajstić information content (AvgIpc) is 2.95. The number of hydrogen-bond acceptors (Lipinski definition) is 6. The predicted molar refractivity (Wildman–Crippen MR) is 151 cm³/mol. The van der Waals surface area contributed by atoms with E-state index in [4.69, 9.17) is 16.3 Å². The molecule has 4 aromatic carbocycles. The van der Waals surface area contributed by atoms with Crippen LogP contribution < -0.4 is 15.0 Å². The van der Waals surface area contributed by atoms with E-state index in [1.54, 1.807) is 18.2 Å². The van der Waals surface area contributed by atoms with E-state index >= 15 is 0 Å². The molecule has 1 aliphatic rings. The molecule has 5 rings (SSSR count). The summed E-state index contributed by atoms with van der Waals surface area (Å²) < 4.78 is 10.7. The molecule has 1 saturated heterocycles. The third-order valence-electron chi connectivity index (χ3n) is 6.56. The topological polar surface area (TPSA) is 102 Å². The van der Waals surface area contributed by atoms with Gasteiger partial charge in [0.2, 0.25) is 0 Å². The molecule has 9 heteroatoms. The monoisotopic (exact) mass is 554 g/mol. The van der Waals surface area contributed by atoms with Crippen molar-refractivity contribution in [3.63, 3.8) is 0 Å². The van der Waals surface area contributed by atoms with E-state index in [1.807, 2.05) is 37.3 Å². The van der Waals surface area contributed by atoms with Gasteiger partial charge in [0, 0.05) is 5.56 Å². The van der Waals surface area contributed by atoms with Crippen LogP contribution in [-0.2, 0) is 20.9 Å². The second-order valence-electron chi connectivity index (χ2n) is 9.06. The number of halogens is 1. The van der Waals surface area contributed by atoms with Crippen LogP contribution in [0.25, 0.3) is 16.8 Å². The minimum atomic E-state index is -0.900. The molecule has 0 bridgehead atoms. The van der Waals surface area contributed by atoms with Gasteiger partial charge in [0.1, 0.15) is 17.9 Å². The number of hydrogen-bond donors (Lipinski definition) is 1. The van der Waals surface area contributed by atoms with Gasteiger partial charge in [0.25, 0.3) is 11.8 Å². The van der Waals surface area contributed by atoms with E-state index in [0.29, 0.717) is 22.9 Å². The minimum absolute atomic E-state index is 0.180. The molecule has 8 nitrogen and oxygen atoms in total. The van der Waals surface area contributed by atoms with Crippen LogP contribution in [0.15, 0.2) is 84.4 Å². The molecule has 4 amide bonds. The van der Waals surface area contributed by atoms with Crippen molar-refractivity contribution in [1.82, 2.24) is 5.32 Å². The maximum absolute atomic E-state index is 13.2. The molecule has 1 N–H and O–H groups in total. The number of aryl methyl sites for hydroxylation is 1. The van der Waals surface area contributed by atoms with E-state index in [9.17, 15) is 19.2 Å². The van der Waals surface area contributed by atoms with Gasteiger partial charge in [-0.25, -0.2) is 14.5 Å². The zero-order chi connectivity index (χ0) is 28.4. The van der Waals surface area contributed by atoms with Gasteiger partial charge in [-0.2, -0.15) is 0 Å². The molecule has 0 spiro atoms. The van der Waals surface area contributed by atoms with E-state index in [2.05, 4.69) is 16.1 Å². The lowest BCUT2D eigenvalue weighted by atomic mass is 10.0. The number of carbonyl (C=O) groups is 4. The maximum Gasteiger partial charge on any atom is 0.337 e. The zero-order valence-electron chi connectivity index (χ0n) is 21.6. The van der Waals surface area contributed by atoms with Crippen LogP contribution >= 0.6 is 11.6 Å². The average molecular weight is 555 g/mol. The van der Waals surface area contributed by atoms with Crippen LogP contribution in [0.2, 0.25) is 5.02 Å². The molecular weight excluding hydrogens is 532 g/mol. The third kappa shape index (κ3) is 5.17. The van der Waals surface area contributed by atoms with Crippen LogP contribution in [0.3, 0.4) is 0 Å². The third-order valence-corrected chi connectivity index (χ3v) is 6.86. The van der Waals surface area contributed by atoms with Crippen LogP contribution in [0.1, 0.15) is 27.0 Å². The molecule has 0 saturated carbocycles. The molecule has 0 aliphatic carbocycles. The van der Waals surface area contributed by atoms with Gasteiger partial charge in [0.15, 0.2) is 0 Å². The first kappa shape index (κ1) is 26.6. The van der Waals surface area contributed by atoms with Gasteiger partial charge in [-0.3, -0.25) is 14.9 Å². The summed E-state index contributed by atoms with van der Waals surface area (Å²) in [6.45, 7) is 2.33. The number of urea groups is 1. The van der Waals surface area contributed by atoms with E-state index in [0.717, 1.165) is 26.8 Å². The smallest absolute Gasteiger partial charge is 0.337 e. The van der Waals surface area contributed by atoms with Crippen LogP contribution in [0.5, 0.6) is 5.75 Å². The first-order valence-corrected chi connectivity index (χ1v) is 12.6. The highest BCUT2D eigenvalue weighted by atomic mass is 35.5. The maximum atomic E-state index is 13.2. The molecule has 40 heavy (non-hydrogen) atoms. The second kappa shape index (κ2) is 11.0. The van der Waals surface area contributed by atoms with Crippen molar-refractivity contribution < 1.29 is 28.7 Å². The number of anilines is 1. The fourth-order valence-corrected chi connectivity index (χ4v) is 4.68. The Morgan fingerprint density at radius 1 is 0.975 bits per heavy atom. The van der Waals surface area contributed by atoms with Crippen molar-refractivity contribution in [1.29, 1.82) is 0 Å². The number of nitrogens with one attached hydrogen (secondary N) is 1. The Hall–Kier alpha value is -4.95. The number of amides is 4. The van der Waals surface area contributed by atoms with Gasteiger partial charge in [-0.05, 0) is 71.3 Å². The van der Waals surface area contributed by atoms with E-state index in [-0.39, 0.29) is 16.8 Å². The molecule has 1 heterocycles. The largest absolute Gasteiger partial charge is 0.487 e. The molecule has 4 aromatic rings. The van der Waals surface area contributed by atoms with Gasteiger partial charge in [0.05, 0.1) is 23.4 Å². The lowest BCUT2D eigenvalue weighted by Crippen LogP contribution is -2.54. The molecule has 0 radical (unpaired) electrons.